The summed E-state index contributed by atoms with van der Waals surface area (Å²) in [6.45, 7) is 7.09. The molecule has 98 valence electrons. The van der Waals surface area contributed by atoms with Gasteiger partial charge in [-0.2, -0.15) is 0 Å². The Kier molecular flexibility index (Phi) is 4.43. The molecule has 0 fully saturated rings. The van der Waals surface area contributed by atoms with E-state index in [0.29, 0.717) is 12.0 Å². The van der Waals surface area contributed by atoms with Gasteiger partial charge in [-0.3, -0.25) is 0 Å². The molecule has 0 amide bonds. The second kappa shape index (κ2) is 6.05. The molecule has 2 rings (SSSR count). The second-order valence-electron chi connectivity index (χ2n) is 5.09. The first kappa shape index (κ1) is 13.2. The van der Waals surface area contributed by atoms with Crippen LogP contribution in [0.15, 0.2) is 36.4 Å². The zero-order valence-electron chi connectivity index (χ0n) is 11.4. The Morgan fingerprint density at radius 2 is 2.28 bits per heavy atom. The lowest BCUT2D eigenvalue weighted by Gasteiger charge is -2.32. The Hall–Kier alpha value is -1.28. The normalized spacial score (nSPS) is 19.8. The summed E-state index contributed by atoms with van der Waals surface area (Å²) in [6.07, 6.45) is 3.20. The lowest BCUT2D eigenvalue weighted by atomic mass is 9.87. The zero-order chi connectivity index (χ0) is 13.0. The topological polar surface area (TPSA) is 21.3 Å². The lowest BCUT2D eigenvalue weighted by Crippen LogP contribution is -2.40. The first-order valence-corrected chi connectivity index (χ1v) is 6.79. The number of hydrogen-bond acceptors (Lipinski definition) is 2. The Bertz CT molecular complexity index is 413. The maximum Gasteiger partial charge on any atom is 0.122 e. The van der Waals surface area contributed by atoms with E-state index in [2.05, 4.69) is 37.0 Å². The highest BCUT2D eigenvalue weighted by Gasteiger charge is 2.26. The summed E-state index contributed by atoms with van der Waals surface area (Å²) in [5, 5.41) is 3.43. The molecule has 0 saturated heterocycles. The minimum atomic E-state index is 0.464. The Labute approximate surface area is 110 Å². The number of para-hydroxylation sites is 1. The standard InChI is InChI=1S/C16H23NO/c1-4-12(2)9-15(17-3)14-10-13-7-5-6-8-16(13)18-11-14/h5-8,14-15,17H,2,4,9-11H2,1,3H3. The maximum atomic E-state index is 5.86. The van der Waals surface area contributed by atoms with Crippen LogP contribution in [-0.4, -0.2) is 19.7 Å². The van der Waals surface area contributed by atoms with Crippen LogP contribution in [-0.2, 0) is 6.42 Å². The molecule has 1 aliphatic heterocycles. The van der Waals surface area contributed by atoms with Crippen LogP contribution >= 0.6 is 0 Å². The van der Waals surface area contributed by atoms with Gasteiger partial charge < -0.3 is 10.1 Å². The molecule has 2 atom stereocenters. The minimum Gasteiger partial charge on any atom is -0.493 e. The molecule has 2 heteroatoms. The number of fused-ring (bicyclic) bond motifs is 1. The molecule has 1 N–H and O–H groups in total. The first-order valence-electron chi connectivity index (χ1n) is 6.79. The molecule has 18 heavy (non-hydrogen) atoms. The van der Waals surface area contributed by atoms with Gasteiger partial charge in [0.15, 0.2) is 0 Å². The lowest BCUT2D eigenvalue weighted by molar-refractivity contribution is 0.187. The van der Waals surface area contributed by atoms with Crippen molar-refractivity contribution in [3.8, 4) is 5.75 Å². The largest absolute Gasteiger partial charge is 0.493 e. The van der Waals surface area contributed by atoms with E-state index in [1.165, 1.54) is 11.1 Å². The van der Waals surface area contributed by atoms with Crippen LogP contribution in [0.3, 0.4) is 0 Å². The van der Waals surface area contributed by atoms with E-state index in [1.807, 2.05) is 13.1 Å². The van der Waals surface area contributed by atoms with Gasteiger partial charge >= 0.3 is 0 Å². The SMILES string of the molecule is C=C(CC)CC(NC)C1COc2ccccc2C1. The monoisotopic (exact) mass is 245 g/mol. The highest BCUT2D eigenvalue weighted by atomic mass is 16.5. The van der Waals surface area contributed by atoms with E-state index in [9.17, 15) is 0 Å². The van der Waals surface area contributed by atoms with Gasteiger partial charge in [0.1, 0.15) is 5.75 Å². The number of hydrogen-bond donors (Lipinski definition) is 1. The predicted molar refractivity (Wildman–Crippen MR) is 76.0 cm³/mol. The molecule has 0 radical (unpaired) electrons. The van der Waals surface area contributed by atoms with Gasteiger partial charge in [0, 0.05) is 12.0 Å². The van der Waals surface area contributed by atoms with Crippen molar-refractivity contribution in [2.75, 3.05) is 13.7 Å². The van der Waals surface area contributed by atoms with Crippen molar-refractivity contribution in [1.29, 1.82) is 0 Å². The molecule has 2 nitrogen and oxygen atoms in total. The summed E-state index contributed by atoms with van der Waals surface area (Å²) in [4.78, 5) is 0. The number of ether oxygens (including phenoxy) is 1. The second-order valence-corrected chi connectivity index (χ2v) is 5.09. The molecule has 1 heterocycles. The third-order valence-electron chi connectivity index (χ3n) is 3.86. The van der Waals surface area contributed by atoms with E-state index in [1.54, 1.807) is 0 Å². The molecular weight excluding hydrogens is 222 g/mol. The van der Waals surface area contributed by atoms with Crippen molar-refractivity contribution in [2.24, 2.45) is 5.92 Å². The van der Waals surface area contributed by atoms with Crippen LogP contribution in [0.4, 0.5) is 0 Å². The Morgan fingerprint density at radius 1 is 1.50 bits per heavy atom. The molecule has 0 saturated carbocycles. The fraction of sp³-hybridized carbons (Fsp3) is 0.500. The van der Waals surface area contributed by atoms with Crippen LogP contribution in [0.25, 0.3) is 0 Å². The third kappa shape index (κ3) is 2.94. The van der Waals surface area contributed by atoms with E-state index >= 15 is 0 Å². The number of nitrogens with one attached hydrogen (secondary N) is 1. The van der Waals surface area contributed by atoms with Gasteiger partial charge in [0.05, 0.1) is 6.61 Å². The van der Waals surface area contributed by atoms with Crippen molar-refractivity contribution in [2.45, 2.75) is 32.2 Å². The summed E-state index contributed by atoms with van der Waals surface area (Å²) >= 11 is 0. The van der Waals surface area contributed by atoms with Gasteiger partial charge in [-0.1, -0.05) is 37.3 Å². The average molecular weight is 245 g/mol. The van der Waals surface area contributed by atoms with Crippen molar-refractivity contribution in [3.63, 3.8) is 0 Å². The van der Waals surface area contributed by atoms with Crippen LogP contribution < -0.4 is 10.1 Å². The van der Waals surface area contributed by atoms with Crippen LogP contribution in [0.5, 0.6) is 5.75 Å². The number of rotatable bonds is 5. The summed E-state index contributed by atoms with van der Waals surface area (Å²) in [6, 6.07) is 8.82. The fourth-order valence-corrected chi connectivity index (χ4v) is 2.57. The molecule has 0 bridgehead atoms. The molecule has 0 aliphatic carbocycles. The molecule has 0 spiro atoms. The summed E-state index contributed by atoms with van der Waals surface area (Å²) in [7, 11) is 2.04. The fourth-order valence-electron chi connectivity index (χ4n) is 2.57. The maximum absolute atomic E-state index is 5.86. The summed E-state index contributed by atoms with van der Waals surface area (Å²) < 4.78 is 5.86. The van der Waals surface area contributed by atoms with Gasteiger partial charge in [-0.25, -0.2) is 0 Å². The molecule has 1 aromatic carbocycles. The molecular formula is C16H23NO. The van der Waals surface area contributed by atoms with Crippen molar-refractivity contribution in [3.05, 3.63) is 42.0 Å². The Morgan fingerprint density at radius 3 is 3.00 bits per heavy atom. The highest BCUT2D eigenvalue weighted by molar-refractivity contribution is 5.35. The molecule has 2 unspecified atom stereocenters. The van der Waals surface area contributed by atoms with Crippen molar-refractivity contribution < 1.29 is 4.74 Å². The number of benzene rings is 1. The quantitative estimate of drug-likeness (QED) is 0.804. The van der Waals surface area contributed by atoms with Crippen LogP contribution in [0.1, 0.15) is 25.3 Å². The summed E-state index contributed by atoms with van der Waals surface area (Å²) in [5.41, 5.74) is 2.64. The smallest absolute Gasteiger partial charge is 0.122 e. The molecule has 1 aliphatic rings. The van der Waals surface area contributed by atoms with Gasteiger partial charge in [0.25, 0.3) is 0 Å². The van der Waals surface area contributed by atoms with Gasteiger partial charge in [0.2, 0.25) is 0 Å². The predicted octanol–water partition coefficient (Wildman–Crippen LogP) is 3.18. The zero-order valence-corrected chi connectivity index (χ0v) is 11.4. The average Bonchev–Trinajstić information content (AvgIpc) is 2.44. The van der Waals surface area contributed by atoms with Crippen molar-refractivity contribution in [1.82, 2.24) is 5.32 Å². The van der Waals surface area contributed by atoms with E-state index in [0.717, 1.165) is 31.6 Å². The molecule has 0 aromatic heterocycles. The first-order chi connectivity index (χ1) is 8.74. The summed E-state index contributed by atoms with van der Waals surface area (Å²) in [5.74, 6) is 1.59. The van der Waals surface area contributed by atoms with Crippen LogP contribution in [0, 0.1) is 5.92 Å². The van der Waals surface area contributed by atoms with Crippen LogP contribution in [0.2, 0.25) is 0 Å². The highest BCUT2D eigenvalue weighted by Crippen LogP contribution is 2.29. The minimum absolute atomic E-state index is 0.464. The van der Waals surface area contributed by atoms with Gasteiger partial charge in [-0.05, 0) is 37.9 Å². The van der Waals surface area contributed by atoms with E-state index in [-0.39, 0.29) is 0 Å². The van der Waals surface area contributed by atoms with Crippen molar-refractivity contribution >= 4 is 0 Å². The third-order valence-corrected chi connectivity index (χ3v) is 3.86. The van der Waals surface area contributed by atoms with E-state index in [4.69, 9.17) is 4.74 Å². The van der Waals surface area contributed by atoms with Gasteiger partial charge in [-0.15, -0.1) is 0 Å². The molecule has 1 aromatic rings. The Balaban J connectivity index is 2.04. The van der Waals surface area contributed by atoms with E-state index < -0.39 is 0 Å².